The molecule has 1 saturated heterocycles. The van der Waals surface area contributed by atoms with Crippen LogP contribution < -0.4 is 5.32 Å². The molecular weight excluding hydrogens is 114 g/mol. The Balaban J connectivity index is 2.06. The largest absolute Gasteiger partial charge is 0.364 e. The number of ether oxygens (including phenoxy) is 1. The second-order valence-corrected chi connectivity index (χ2v) is 2.13. The van der Waals surface area contributed by atoms with Gasteiger partial charge < -0.3 is 10.1 Å². The first kappa shape index (κ1) is 6.60. The molecule has 1 unspecified atom stereocenters. The molecule has 1 aliphatic heterocycles. The van der Waals surface area contributed by atoms with Crippen LogP contribution in [-0.2, 0) is 4.74 Å². The maximum Gasteiger partial charge on any atom is 0.107 e. The second kappa shape index (κ2) is 3.49. The van der Waals surface area contributed by atoms with Gasteiger partial charge in [-0.05, 0) is 13.0 Å². The molecule has 9 heavy (non-hydrogen) atoms. The van der Waals surface area contributed by atoms with Crippen LogP contribution in [0.4, 0.5) is 0 Å². The maximum absolute atomic E-state index is 5.25. The van der Waals surface area contributed by atoms with Gasteiger partial charge in [0.25, 0.3) is 0 Å². The van der Waals surface area contributed by atoms with Crippen molar-refractivity contribution >= 4 is 0 Å². The van der Waals surface area contributed by atoms with Crippen LogP contribution in [0.1, 0.15) is 6.42 Å². The molecule has 0 radical (unpaired) electrons. The van der Waals surface area contributed by atoms with Crippen LogP contribution in [0.15, 0.2) is 0 Å². The standard InChI is InChI=1S/C7H11NO/c1-2-5-9-7-3-4-8-6-7/h1,7-8H,3-6H2. The van der Waals surface area contributed by atoms with Gasteiger partial charge in [0, 0.05) is 6.54 Å². The maximum atomic E-state index is 5.25. The van der Waals surface area contributed by atoms with Crippen molar-refractivity contribution in [2.24, 2.45) is 0 Å². The van der Waals surface area contributed by atoms with Gasteiger partial charge in [0.05, 0.1) is 6.10 Å². The van der Waals surface area contributed by atoms with Crippen molar-refractivity contribution in [2.45, 2.75) is 12.5 Å². The topological polar surface area (TPSA) is 21.3 Å². The summed E-state index contributed by atoms with van der Waals surface area (Å²) in [5.41, 5.74) is 0. The molecule has 1 rings (SSSR count). The first-order chi connectivity index (χ1) is 4.43. The molecule has 0 amide bonds. The Hall–Kier alpha value is -0.520. The number of nitrogens with one attached hydrogen (secondary N) is 1. The van der Waals surface area contributed by atoms with Crippen molar-refractivity contribution in [3.8, 4) is 12.3 Å². The zero-order valence-corrected chi connectivity index (χ0v) is 5.39. The Labute approximate surface area is 55.6 Å². The lowest BCUT2D eigenvalue weighted by Crippen LogP contribution is -2.16. The highest BCUT2D eigenvalue weighted by Crippen LogP contribution is 2.01. The molecule has 0 bridgehead atoms. The lowest BCUT2D eigenvalue weighted by molar-refractivity contribution is 0.0934. The summed E-state index contributed by atoms with van der Waals surface area (Å²) in [6, 6.07) is 0. The van der Waals surface area contributed by atoms with Crippen LogP contribution in [0, 0.1) is 12.3 Å². The van der Waals surface area contributed by atoms with E-state index in [-0.39, 0.29) is 0 Å². The summed E-state index contributed by atoms with van der Waals surface area (Å²) < 4.78 is 5.25. The average Bonchev–Trinajstić information content (AvgIpc) is 2.34. The molecule has 0 saturated carbocycles. The van der Waals surface area contributed by atoms with Crippen molar-refractivity contribution in [3.63, 3.8) is 0 Å². The minimum absolute atomic E-state index is 0.362. The summed E-state index contributed by atoms with van der Waals surface area (Å²) >= 11 is 0. The Morgan fingerprint density at radius 1 is 1.78 bits per heavy atom. The van der Waals surface area contributed by atoms with Crippen LogP contribution in [0.5, 0.6) is 0 Å². The quantitative estimate of drug-likeness (QED) is 0.524. The predicted octanol–water partition coefficient (Wildman–Crippen LogP) is -0.00190. The molecule has 0 aromatic heterocycles. The summed E-state index contributed by atoms with van der Waals surface area (Å²) in [7, 11) is 0. The fourth-order valence-corrected chi connectivity index (χ4v) is 0.936. The Morgan fingerprint density at radius 3 is 3.22 bits per heavy atom. The molecular formula is C7H11NO. The monoisotopic (exact) mass is 125 g/mol. The Bertz CT molecular complexity index is 111. The van der Waals surface area contributed by atoms with Crippen LogP contribution in [0.25, 0.3) is 0 Å². The highest BCUT2D eigenvalue weighted by molar-refractivity contribution is 4.84. The molecule has 2 heteroatoms. The van der Waals surface area contributed by atoms with Crippen molar-refractivity contribution in [1.29, 1.82) is 0 Å². The fourth-order valence-electron chi connectivity index (χ4n) is 0.936. The van der Waals surface area contributed by atoms with Crippen LogP contribution in [-0.4, -0.2) is 25.8 Å². The van der Waals surface area contributed by atoms with E-state index in [1.54, 1.807) is 0 Å². The van der Waals surface area contributed by atoms with Crippen molar-refractivity contribution in [1.82, 2.24) is 5.32 Å². The van der Waals surface area contributed by atoms with E-state index in [0.717, 1.165) is 19.5 Å². The molecule has 0 aromatic rings. The molecule has 1 fully saturated rings. The summed E-state index contributed by atoms with van der Waals surface area (Å²) in [6.45, 7) is 2.48. The normalized spacial score (nSPS) is 25.9. The van der Waals surface area contributed by atoms with Gasteiger partial charge in [-0.3, -0.25) is 0 Å². The molecule has 0 spiro atoms. The van der Waals surface area contributed by atoms with Crippen molar-refractivity contribution < 1.29 is 4.74 Å². The van der Waals surface area contributed by atoms with Gasteiger partial charge >= 0.3 is 0 Å². The molecule has 1 aliphatic rings. The minimum atomic E-state index is 0.362. The van der Waals surface area contributed by atoms with E-state index >= 15 is 0 Å². The number of rotatable bonds is 2. The summed E-state index contributed by atoms with van der Waals surface area (Å²) in [5, 5.41) is 3.19. The van der Waals surface area contributed by atoms with Crippen molar-refractivity contribution in [3.05, 3.63) is 0 Å². The Kier molecular flexibility index (Phi) is 2.56. The SMILES string of the molecule is C#CCOC1CCNC1. The average molecular weight is 125 g/mol. The van der Waals surface area contributed by atoms with E-state index in [9.17, 15) is 0 Å². The smallest absolute Gasteiger partial charge is 0.107 e. The number of hydrogen-bond acceptors (Lipinski definition) is 2. The molecule has 2 nitrogen and oxygen atoms in total. The minimum Gasteiger partial charge on any atom is -0.364 e. The van der Waals surface area contributed by atoms with E-state index in [0.29, 0.717) is 12.7 Å². The third kappa shape index (κ3) is 2.05. The highest BCUT2D eigenvalue weighted by Gasteiger charge is 2.13. The van der Waals surface area contributed by atoms with E-state index in [1.165, 1.54) is 0 Å². The molecule has 50 valence electrons. The highest BCUT2D eigenvalue weighted by atomic mass is 16.5. The number of terminal acetylenes is 1. The second-order valence-electron chi connectivity index (χ2n) is 2.13. The van der Waals surface area contributed by atoms with E-state index in [1.807, 2.05) is 0 Å². The lowest BCUT2D eigenvalue weighted by Gasteiger charge is -2.05. The fraction of sp³-hybridized carbons (Fsp3) is 0.714. The van der Waals surface area contributed by atoms with E-state index in [4.69, 9.17) is 11.2 Å². The molecule has 1 heterocycles. The van der Waals surface area contributed by atoms with Gasteiger partial charge in [-0.15, -0.1) is 6.42 Å². The van der Waals surface area contributed by atoms with Gasteiger partial charge in [-0.25, -0.2) is 0 Å². The van der Waals surface area contributed by atoms with Crippen LogP contribution >= 0.6 is 0 Å². The summed E-state index contributed by atoms with van der Waals surface area (Å²) in [6.07, 6.45) is 6.47. The first-order valence-corrected chi connectivity index (χ1v) is 3.19. The number of hydrogen-bond donors (Lipinski definition) is 1. The molecule has 1 atom stereocenters. The van der Waals surface area contributed by atoms with Crippen molar-refractivity contribution in [2.75, 3.05) is 19.7 Å². The first-order valence-electron chi connectivity index (χ1n) is 3.19. The van der Waals surface area contributed by atoms with E-state index in [2.05, 4.69) is 11.2 Å². The van der Waals surface area contributed by atoms with Crippen LogP contribution in [0.3, 0.4) is 0 Å². The van der Waals surface area contributed by atoms with Gasteiger partial charge in [-0.2, -0.15) is 0 Å². The third-order valence-corrected chi connectivity index (χ3v) is 1.42. The third-order valence-electron chi connectivity index (χ3n) is 1.42. The molecule has 0 aromatic carbocycles. The zero-order valence-electron chi connectivity index (χ0n) is 5.39. The van der Waals surface area contributed by atoms with Gasteiger partial charge in [0.1, 0.15) is 6.61 Å². The Morgan fingerprint density at radius 2 is 2.67 bits per heavy atom. The summed E-state index contributed by atoms with van der Waals surface area (Å²) in [5.74, 6) is 2.44. The lowest BCUT2D eigenvalue weighted by atomic mass is 10.3. The van der Waals surface area contributed by atoms with Gasteiger partial charge in [-0.1, -0.05) is 5.92 Å². The molecule has 1 N–H and O–H groups in total. The van der Waals surface area contributed by atoms with Crippen LogP contribution in [0.2, 0.25) is 0 Å². The van der Waals surface area contributed by atoms with Gasteiger partial charge in [0.15, 0.2) is 0 Å². The van der Waals surface area contributed by atoms with E-state index < -0.39 is 0 Å². The predicted molar refractivity (Wildman–Crippen MR) is 36.1 cm³/mol. The summed E-state index contributed by atoms with van der Waals surface area (Å²) in [4.78, 5) is 0. The zero-order chi connectivity index (χ0) is 6.53. The van der Waals surface area contributed by atoms with Gasteiger partial charge in [0.2, 0.25) is 0 Å². The molecule has 0 aliphatic carbocycles.